The Morgan fingerprint density at radius 3 is 2.65 bits per heavy atom. The van der Waals surface area contributed by atoms with Crippen molar-refractivity contribution in [1.29, 1.82) is 0 Å². The van der Waals surface area contributed by atoms with Crippen LogP contribution in [0.4, 0.5) is 5.69 Å². The van der Waals surface area contributed by atoms with Gasteiger partial charge in [0.15, 0.2) is 0 Å². The Hall–Kier alpha value is -3.08. The summed E-state index contributed by atoms with van der Waals surface area (Å²) >= 11 is 0. The summed E-state index contributed by atoms with van der Waals surface area (Å²) in [6, 6.07) is 14.4. The molecule has 0 bridgehead atoms. The molecule has 5 nitrogen and oxygen atoms in total. The lowest BCUT2D eigenvalue weighted by molar-refractivity contribution is -0.120. The largest absolute Gasteiger partial charge is 0.496 e. The minimum atomic E-state index is -0.156. The van der Waals surface area contributed by atoms with Gasteiger partial charge in [-0.2, -0.15) is 5.10 Å². The highest BCUT2D eigenvalue weighted by Gasteiger charge is 2.34. The van der Waals surface area contributed by atoms with E-state index in [-0.39, 0.29) is 11.8 Å². The number of hydrogen-bond acceptors (Lipinski definition) is 3. The molecule has 3 aromatic rings. The molecule has 0 fully saturated rings. The number of fused-ring (bicyclic) bond motifs is 1. The summed E-state index contributed by atoms with van der Waals surface area (Å²) in [4.78, 5) is 15.8. The van der Waals surface area contributed by atoms with Gasteiger partial charge in [0, 0.05) is 24.0 Å². The van der Waals surface area contributed by atoms with Crippen LogP contribution < -0.4 is 9.64 Å². The van der Waals surface area contributed by atoms with Crippen molar-refractivity contribution in [3.63, 3.8) is 0 Å². The van der Waals surface area contributed by atoms with E-state index in [2.05, 4.69) is 56.2 Å². The second-order valence-corrected chi connectivity index (χ2v) is 8.49. The maximum absolute atomic E-state index is 13.9. The number of amides is 1. The van der Waals surface area contributed by atoms with Gasteiger partial charge in [0.25, 0.3) is 0 Å². The minimum Gasteiger partial charge on any atom is -0.496 e. The molecule has 1 aliphatic carbocycles. The zero-order valence-electron chi connectivity index (χ0n) is 18.8. The number of aryl methyl sites for hydroxylation is 1. The first-order valence-electron chi connectivity index (χ1n) is 11.1. The van der Waals surface area contributed by atoms with Crippen molar-refractivity contribution in [3.05, 3.63) is 77.1 Å². The molecular formula is C26H31N3O2. The van der Waals surface area contributed by atoms with Crippen LogP contribution in [0.15, 0.2) is 54.9 Å². The molecule has 162 valence electrons. The van der Waals surface area contributed by atoms with Crippen LogP contribution in [-0.4, -0.2) is 22.8 Å². The third kappa shape index (κ3) is 4.22. The van der Waals surface area contributed by atoms with Gasteiger partial charge < -0.3 is 9.64 Å². The van der Waals surface area contributed by atoms with Crippen molar-refractivity contribution in [2.24, 2.45) is 0 Å². The Bertz CT molecular complexity index is 1050. The van der Waals surface area contributed by atoms with Crippen molar-refractivity contribution in [1.82, 2.24) is 9.78 Å². The van der Waals surface area contributed by atoms with Gasteiger partial charge >= 0.3 is 0 Å². The third-order valence-corrected chi connectivity index (χ3v) is 6.23. The summed E-state index contributed by atoms with van der Waals surface area (Å²) < 4.78 is 7.44. The first kappa shape index (κ1) is 21.2. The van der Waals surface area contributed by atoms with E-state index in [1.54, 1.807) is 7.11 Å². The molecule has 1 amide bonds. The highest BCUT2D eigenvalue weighted by Crippen LogP contribution is 2.40. The fourth-order valence-electron chi connectivity index (χ4n) is 4.44. The molecule has 0 saturated carbocycles. The zero-order chi connectivity index (χ0) is 22.0. The molecule has 1 heterocycles. The number of hydrogen-bond donors (Lipinski definition) is 0. The van der Waals surface area contributed by atoms with Crippen molar-refractivity contribution in [2.45, 2.75) is 58.5 Å². The van der Waals surface area contributed by atoms with Crippen LogP contribution in [0.2, 0.25) is 0 Å². The third-order valence-electron chi connectivity index (χ3n) is 6.23. The van der Waals surface area contributed by atoms with Crippen molar-refractivity contribution in [3.8, 4) is 5.75 Å². The smallest absolute Gasteiger partial charge is 0.234 e. The Labute approximate surface area is 184 Å². The lowest BCUT2D eigenvalue weighted by Gasteiger charge is -2.26. The van der Waals surface area contributed by atoms with Crippen molar-refractivity contribution >= 4 is 11.6 Å². The summed E-state index contributed by atoms with van der Waals surface area (Å²) in [5, 5.41) is 4.40. The fourth-order valence-corrected chi connectivity index (χ4v) is 4.44. The number of carbonyl (C=O) groups is 1. The topological polar surface area (TPSA) is 47.4 Å². The van der Waals surface area contributed by atoms with Gasteiger partial charge in [0.2, 0.25) is 5.91 Å². The van der Waals surface area contributed by atoms with Gasteiger partial charge in [-0.25, -0.2) is 0 Å². The second-order valence-electron chi connectivity index (χ2n) is 8.49. The number of benzene rings is 2. The molecule has 5 heteroatoms. The van der Waals surface area contributed by atoms with Gasteiger partial charge in [0.05, 0.1) is 25.8 Å². The molecule has 0 N–H and O–H groups in total. The van der Waals surface area contributed by atoms with Crippen LogP contribution >= 0.6 is 0 Å². The van der Waals surface area contributed by atoms with Crippen LogP contribution in [-0.2, 0) is 24.3 Å². The average molecular weight is 418 g/mol. The molecule has 1 aromatic heterocycles. The minimum absolute atomic E-state index is 0.133. The van der Waals surface area contributed by atoms with E-state index < -0.39 is 0 Å². The van der Waals surface area contributed by atoms with Crippen LogP contribution in [0.1, 0.15) is 61.3 Å². The number of rotatable bonds is 7. The highest BCUT2D eigenvalue weighted by atomic mass is 16.5. The molecule has 0 spiro atoms. The van der Waals surface area contributed by atoms with Crippen LogP contribution in [0.5, 0.6) is 5.75 Å². The Kier molecular flexibility index (Phi) is 6.12. The van der Waals surface area contributed by atoms with Crippen LogP contribution in [0, 0.1) is 0 Å². The number of anilines is 1. The summed E-state index contributed by atoms with van der Waals surface area (Å²) in [6.45, 7) is 7.75. The summed E-state index contributed by atoms with van der Waals surface area (Å²) in [5.41, 5.74) is 5.49. The molecule has 0 aliphatic heterocycles. The van der Waals surface area contributed by atoms with E-state index in [9.17, 15) is 4.79 Å². The molecule has 1 atom stereocenters. The van der Waals surface area contributed by atoms with Crippen molar-refractivity contribution < 1.29 is 9.53 Å². The van der Waals surface area contributed by atoms with Crippen LogP contribution in [0.25, 0.3) is 0 Å². The van der Waals surface area contributed by atoms with Gasteiger partial charge in [-0.1, -0.05) is 38.1 Å². The zero-order valence-corrected chi connectivity index (χ0v) is 18.8. The first-order valence-corrected chi connectivity index (χ1v) is 11.1. The summed E-state index contributed by atoms with van der Waals surface area (Å²) in [5.74, 6) is 1.31. The predicted molar refractivity (Wildman–Crippen MR) is 124 cm³/mol. The normalized spacial score (nSPS) is 15.2. The first-order chi connectivity index (χ1) is 15.0. The van der Waals surface area contributed by atoms with Gasteiger partial charge in [-0.05, 0) is 60.6 Å². The second kappa shape index (κ2) is 8.96. The fraction of sp³-hybridized carbons (Fsp3) is 0.385. The van der Waals surface area contributed by atoms with Crippen molar-refractivity contribution in [2.75, 3.05) is 12.0 Å². The lowest BCUT2D eigenvalue weighted by Crippen LogP contribution is -2.34. The highest BCUT2D eigenvalue weighted by molar-refractivity contribution is 5.98. The monoisotopic (exact) mass is 417 g/mol. The van der Waals surface area contributed by atoms with E-state index in [1.165, 1.54) is 5.56 Å². The Morgan fingerprint density at radius 2 is 2.00 bits per heavy atom. The van der Waals surface area contributed by atoms with E-state index in [4.69, 9.17) is 4.74 Å². The number of ether oxygens (including phenoxy) is 1. The molecule has 2 aromatic carbocycles. The lowest BCUT2D eigenvalue weighted by atomic mass is 9.98. The molecular weight excluding hydrogens is 386 g/mol. The van der Waals surface area contributed by atoms with Crippen LogP contribution in [0.3, 0.4) is 0 Å². The molecule has 0 radical (unpaired) electrons. The van der Waals surface area contributed by atoms with Gasteiger partial charge in [-0.15, -0.1) is 0 Å². The van der Waals surface area contributed by atoms with E-state index in [0.29, 0.717) is 12.5 Å². The predicted octanol–water partition coefficient (Wildman–Crippen LogP) is 5.30. The molecule has 31 heavy (non-hydrogen) atoms. The maximum Gasteiger partial charge on any atom is 0.234 e. The van der Waals surface area contributed by atoms with E-state index >= 15 is 0 Å². The Morgan fingerprint density at radius 1 is 1.23 bits per heavy atom. The number of carbonyl (C=O) groups excluding carboxylic acids is 1. The standard InChI is InChI=1S/C26H31N3O2/c1-5-28-16-19(15-27-28)17-29(21-11-9-20(10-12-21)18(2)3)26(30)24-14-13-23-22(24)7-6-8-25(23)31-4/h6-12,15-16,18,24H,5,13-14,17H2,1-4H3. The van der Waals surface area contributed by atoms with E-state index in [0.717, 1.165) is 47.5 Å². The van der Waals surface area contributed by atoms with Gasteiger partial charge in [0.1, 0.15) is 5.75 Å². The number of methoxy groups -OCH3 is 1. The number of aromatic nitrogens is 2. The molecule has 1 unspecified atom stereocenters. The average Bonchev–Trinajstić information content (AvgIpc) is 3.43. The summed E-state index contributed by atoms with van der Waals surface area (Å²) in [6.07, 6.45) is 5.55. The molecule has 0 saturated heterocycles. The Balaban J connectivity index is 1.68. The summed E-state index contributed by atoms with van der Waals surface area (Å²) in [7, 11) is 1.69. The van der Waals surface area contributed by atoms with Gasteiger partial charge in [-0.3, -0.25) is 9.48 Å². The maximum atomic E-state index is 13.9. The molecule has 4 rings (SSSR count). The SMILES string of the molecule is CCn1cc(CN(C(=O)C2CCc3c(OC)cccc32)c2ccc(C(C)C)cc2)cn1. The number of nitrogens with zero attached hydrogens (tertiary/aromatic N) is 3. The van der Waals surface area contributed by atoms with E-state index in [1.807, 2.05) is 34.1 Å². The molecule has 1 aliphatic rings. The quantitative estimate of drug-likeness (QED) is 0.524.